The number of carbonyl (C=O) groups excluding carboxylic acids is 5. The molecule has 12 N–H and O–H groups in total. The van der Waals surface area contributed by atoms with E-state index in [0.29, 0.717) is 19.4 Å². The van der Waals surface area contributed by atoms with Gasteiger partial charge in [-0.3, -0.25) is 28.8 Å². The van der Waals surface area contributed by atoms with Crippen molar-refractivity contribution in [1.82, 2.24) is 16.0 Å². The molecule has 0 heterocycles. The minimum atomic E-state index is -1.46. The molecule has 0 saturated carbocycles. The molecule has 0 aromatic heterocycles. The van der Waals surface area contributed by atoms with Crippen LogP contribution in [0.4, 0.5) is 0 Å². The number of hydrogen-bond acceptors (Lipinski definition) is 8. The van der Waals surface area contributed by atoms with E-state index in [1.165, 1.54) is 0 Å². The van der Waals surface area contributed by atoms with Gasteiger partial charge in [-0.05, 0) is 25.8 Å². The second kappa shape index (κ2) is 13.8. The molecule has 3 unspecified atom stereocenters. The number of unbranched alkanes of at least 4 members (excludes halogenated alkanes) is 1. The molecule has 0 spiro atoms. The first kappa shape index (κ1) is 26.7. The summed E-state index contributed by atoms with van der Waals surface area (Å²) in [7, 11) is 0. The van der Waals surface area contributed by atoms with Crippen LogP contribution in [0.5, 0.6) is 0 Å². The third-order valence-electron chi connectivity index (χ3n) is 3.79. The summed E-state index contributed by atoms with van der Waals surface area (Å²) in [6, 6.07) is -3.90. The number of hydrogen-bond donors (Lipinski definition) is 8. The van der Waals surface area contributed by atoms with E-state index >= 15 is 0 Å². The van der Waals surface area contributed by atoms with Gasteiger partial charge in [0.1, 0.15) is 18.6 Å². The second-order valence-corrected chi connectivity index (χ2v) is 6.47. The van der Waals surface area contributed by atoms with Crippen LogP contribution < -0.4 is 38.9 Å². The Hall–Kier alpha value is -3.26. The van der Waals surface area contributed by atoms with E-state index in [1.807, 2.05) is 5.32 Å². The molecular formula is C16H29N7O7. The van der Waals surface area contributed by atoms with Crippen molar-refractivity contribution >= 4 is 35.5 Å². The van der Waals surface area contributed by atoms with E-state index in [4.69, 9.17) is 28.0 Å². The highest BCUT2D eigenvalue weighted by molar-refractivity contribution is 5.96. The van der Waals surface area contributed by atoms with Crippen LogP contribution in [0.1, 0.15) is 32.1 Å². The number of rotatable bonds is 15. The molecule has 14 heteroatoms. The average Bonchev–Trinajstić information content (AvgIpc) is 2.63. The van der Waals surface area contributed by atoms with Gasteiger partial charge in [-0.2, -0.15) is 0 Å². The van der Waals surface area contributed by atoms with Crippen LogP contribution in [0.25, 0.3) is 0 Å². The zero-order chi connectivity index (χ0) is 23.3. The lowest BCUT2D eigenvalue weighted by Crippen LogP contribution is -2.56. The lowest BCUT2D eigenvalue weighted by molar-refractivity contribution is -0.138. The second-order valence-electron chi connectivity index (χ2n) is 6.47. The number of carbonyl (C=O) groups is 6. The lowest BCUT2D eigenvalue weighted by atomic mass is 10.1. The van der Waals surface area contributed by atoms with Gasteiger partial charge in [-0.15, -0.1) is 0 Å². The molecule has 0 aliphatic rings. The van der Waals surface area contributed by atoms with Crippen LogP contribution >= 0.6 is 0 Å². The standard InChI is InChI=1S/C16H29N7O7/c17-4-2-1-3-9(22-14(28)8(18)5-11(19)24)16(30)23-10(6-12(20)25)15(29)21-7-13(26)27/h8-10H,1-7,17-18H2,(H2,19,24)(H2,20,25)(H,21,29)(H,22,28)(H,23,30)(H,26,27). The molecule has 0 aliphatic heterocycles. The summed E-state index contributed by atoms with van der Waals surface area (Å²) in [5.41, 5.74) is 21.0. The SMILES string of the molecule is NCCCCC(NC(=O)C(N)CC(N)=O)C(=O)NC(CC(N)=O)C(=O)NCC(=O)O. The Bertz CT molecular complexity index is 656. The molecule has 5 amide bonds. The van der Waals surface area contributed by atoms with E-state index in [2.05, 4.69) is 10.6 Å². The van der Waals surface area contributed by atoms with Gasteiger partial charge in [-0.1, -0.05) is 0 Å². The van der Waals surface area contributed by atoms with Crippen LogP contribution in [-0.4, -0.2) is 71.8 Å². The topological polar surface area (TPSA) is 263 Å². The van der Waals surface area contributed by atoms with Crippen LogP contribution in [0.3, 0.4) is 0 Å². The van der Waals surface area contributed by atoms with Crippen molar-refractivity contribution in [2.75, 3.05) is 13.1 Å². The molecule has 0 saturated heterocycles. The predicted molar refractivity (Wildman–Crippen MR) is 103 cm³/mol. The molecule has 0 bridgehead atoms. The van der Waals surface area contributed by atoms with Gasteiger partial charge in [-0.25, -0.2) is 0 Å². The Labute approximate surface area is 172 Å². The van der Waals surface area contributed by atoms with Crippen LogP contribution in [0.2, 0.25) is 0 Å². The van der Waals surface area contributed by atoms with Crippen LogP contribution in [0, 0.1) is 0 Å². The van der Waals surface area contributed by atoms with Crippen molar-refractivity contribution in [2.45, 2.75) is 50.2 Å². The normalized spacial score (nSPS) is 13.4. The number of nitrogens with two attached hydrogens (primary N) is 4. The van der Waals surface area contributed by atoms with Crippen LogP contribution in [-0.2, 0) is 28.8 Å². The molecule has 170 valence electrons. The minimum Gasteiger partial charge on any atom is -0.480 e. The molecule has 0 aromatic carbocycles. The Morgan fingerprint density at radius 2 is 1.37 bits per heavy atom. The van der Waals surface area contributed by atoms with Crippen molar-refractivity contribution in [3.63, 3.8) is 0 Å². The summed E-state index contributed by atoms with van der Waals surface area (Å²) in [5.74, 6) is -5.65. The number of amides is 5. The van der Waals surface area contributed by atoms with Gasteiger partial charge in [0.15, 0.2) is 0 Å². The zero-order valence-electron chi connectivity index (χ0n) is 16.4. The van der Waals surface area contributed by atoms with Crippen molar-refractivity contribution < 1.29 is 33.9 Å². The first-order valence-corrected chi connectivity index (χ1v) is 9.10. The highest BCUT2D eigenvalue weighted by Gasteiger charge is 2.29. The zero-order valence-corrected chi connectivity index (χ0v) is 16.4. The Kier molecular flexibility index (Phi) is 12.3. The molecular weight excluding hydrogens is 402 g/mol. The molecule has 14 nitrogen and oxygen atoms in total. The number of primary amides is 2. The Morgan fingerprint density at radius 3 is 1.87 bits per heavy atom. The van der Waals surface area contributed by atoms with Crippen molar-refractivity contribution in [1.29, 1.82) is 0 Å². The van der Waals surface area contributed by atoms with Gasteiger partial charge < -0.3 is 44.0 Å². The largest absolute Gasteiger partial charge is 0.480 e. The number of aliphatic carboxylic acids is 1. The summed E-state index contributed by atoms with van der Waals surface area (Å²) in [5, 5.41) is 15.3. The fourth-order valence-corrected chi connectivity index (χ4v) is 2.32. The highest BCUT2D eigenvalue weighted by Crippen LogP contribution is 2.04. The van der Waals surface area contributed by atoms with Gasteiger partial charge in [0.2, 0.25) is 29.5 Å². The number of carboxylic acids is 1. The van der Waals surface area contributed by atoms with E-state index < -0.39 is 73.0 Å². The molecule has 0 rings (SSSR count). The fourth-order valence-electron chi connectivity index (χ4n) is 2.32. The van der Waals surface area contributed by atoms with E-state index in [1.54, 1.807) is 0 Å². The summed E-state index contributed by atoms with van der Waals surface area (Å²) in [4.78, 5) is 69.6. The predicted octanol–water partition coefficient (Wildman–Crippen LogP) is -4.64. The first-order valence-electron chi connectivity index (χ1n) is 9.10. The molecule has 0 radical (unpaired) electrons. The maximum atomic E-state index is 12.6. The lowest BCUT2D eigenvalue weighted by Gasteiger charge is -2.23. The number of nitrogens with one attached hydrogen (secondary N) is 3. The van der Waals surface area contributed by atoms with Crippen molar-refractivity contribution in [3.8, 4) is 0 Å². The third kappa shape index (κ3) is 11.6. The quantitative estimate of drug-likeness (QED) is 0.116. The summed E-state index contributed by atoms with van der Waals surface area (Å²) < 4.78 is 0. The highest BCUT2D eigenvalue weighted by atomic mass is 16.4. The fraction of sp³-hybridized carbons (Fsp3) is 0.625. The van der Waals surface area contributed by atoms with Gasteiger partial charge in [0, 0.05) is 0 Å². The molecule has 30 heavy (non-hydrogen) atoms. The molecule has 3 atom stereocenters. The Morgan fingerprint density at radius 1 is 0.800 bits per heavy atom. The Balaban J connectivity index is 5.27. The summed E-state index contributed by atoms with van der Waals surface area (Å²) in [6.07, 6.45) is 0.0627. The third-order valence-corrected chi connectivity index (χ3v) is 3.79. The smallest absolute Gasteiger partial charge is 0.322 e. The van der Waals surface area contributed by atoms with Gasteiger partial charge in [0.25, 0.3) is 0 Å². The van der Waals surface area contributed by atoms with Crippen molar-refractivity contribution in [3.05, 3.63) is 0 Å². The molecule has 0 aliphatic carbocycles. The van der Waals surface area contributed by atoms with E-state index in [9.17, 15) is 28.8 Å². The summed E-state index contributed by atoms with van der Waals surface area (Å²) in [6.45, 7) is -0.395. The maximum Gasteiger partial charge on any atom is 0.322 e. The van der Waals surface area contributed by atoms with Crippen molar-refractivity contribution in [2.24, 2.45) is 22.9 Å². The summed E-state index contributed by atoms with van der Waals surface area (Å²) >= 11 is 0. The minimum absolute atomic E-state index is 0.123. The number of carboxylic acid groups (broad SMARTS) is 1. The monoisotopic (exact) mass is 431 g/mol. The van der Waals surface area contributed by atoms with E-state index in [0.717, 1.165) is 0 Å². The van der Waals surface area contributed by atoms with Crippen LogP contribution in [0.15, 0.2) is 0 Å². The molecule has 0 fully saturated rings. The molecule has 0 aromatic rings. The average molecular weight is 431 g/mol. The van der Waals surface area contributed by atoms with Gasteiger partial charge in [0.05, 0.1) is 18.9 Å². The van der Waals surface area contributed by atoms with Gasteiger partial charge >= 0.3 is 5.97 Å². The maximum absolute atomic E-state index is 12.6. The first-order chi connectivity index (χ1) is 14.0. The van der Waals surface area contributed by atoms with E-state index in [-0.39, 0.29) is 6.42 Å².